The lowest BCUT2D eigenvalue weighted by atomic mass is 9.89. The SMILES string of the molecule is C#COc1nc2c(c(N3CC[C@H]4C(=O)O[C@H]4C3)n1)CCN(c1cccc3cccc(Cl)c13)C2. The third-order valence-electron chi connectivity index (χ3n) is 6.77. The second-order valence-electron chi connectivity index (χ2n) is 8.58. The maximum absolute atomic E-state index is 11.6. The highest BCUT2D eigenvalue weighted by atomic mass is 35.5. The number of anilines is 2. The molecular weight excluding hydrogens is 440 g/mol. The molecule has 0 N–H and O–H groups in total. The van der Waals surface area contributed by atoms with Crippen LogP contribution in [0.4, 0.5) is 11.5 Å². The van der Waals surface area contributed by atoms with Gasteiger partial charge in [0.05, 0.1) is 29.7 Å². The zero-order valence-corrected chi connectivity index (χ0v) is 18.6. The second-order valence-corrected chi connectivity index (χ2v) is 8.99. The zero-order chi connectivity index (χ0) is 22.5. The molecule has 0 saturated carbocycles. The largest absolute Gasteiger partial charge is 0.459 e. The lowest BCUT2D eigenvalue weighted by Gasteiger charge is -2.44. The Bertz CT molecular complexity index is 1320. The third-order valence-corrected chi connectivity index (χ3v) is 7.09. The molecule has 2 saturated heterocycles. The molecule has 3 aliphatic heterocycles. The topological polar surface area (TPSA) is 67.8 Å². The van der Waals surface area contributed by atoms with Crippen molar-refractivity contribution in [3.8, 4) is 18.5 Å². The lowest BCUT2D eigenvalue weighted by molar-refractivity contribution is -0.185. The van der Waals surface area contributed by atoms with E-state index in [4.69, 9.17) is 27.5 Å². The molecule has 1 aromatic heterocycles. The first-order chi connectivity index (χ1) is 16.1. The number of aromatic nitrogens is 2. The number of hydrogen-bond donors (Lipinski definition) is 0. The number of halogens is 1. The van der Waals surface area contributed by atoms with Gasteiger partial charge >= 0.3 is 12.0 Å². The molecule has 0 radical (unpaired) electrons. The van der Waals surface area contributed by atoms with Gasteiger partial charge in [0.25, 0.3) is 0 Å². The number of carbonyl (C=O) groups is 1. The van der Waals surface area contributed by atoms with E-state index in [0.29, 0.717) is 13.1 Å². The van der Waals surface area contributed by atoms with Gasteiger partial charge in [0.15, 0.2) is 0 Å². The van der Waals surface area contributed by atoms with Crippen molar-refractivity contribution in [3.05, 3.63) is 52.7 Å². The van der Waals surface area contributed by atoms with Crippen LogP contribution in [0.5, 0.6) is 6.01 Å². The maximum atomic E-state index is 11.6. The van der Waals surface area contributed by atoms with Gasteiger partial charge in [-0.05, 0) is 30.4 Å². The summed E-state index contributed by atoms with van der Waals surface area (Å²) in [5.41, 5.74) is 3.05. The summed E-state index contributed by atoms with van der Waals surface area (Å²) in [5, 5.41) is 2.86. The minimum atomic E-state index is -0.0925. The molecule has 4 heterocycles. The average Bonchev–Trinajstić information content (AvgIpc) is 2.82. The van der Waals surface area contributed by atoms with Crippen molar-refractivity contribution >= 4 is 39.8 Å². The summed E-state index contributed by atoms with van der Waals surface area (Å²) in [6.07, 6.45) is 9.01. The van der Waals surface area contributed by atoms with Crippen LogP contribution in [0.25, 0.3) is 10.8 Å². The predicted octanol–water partition coefficient (Wildman–Crippen LogP) is 3.57. The molecule has 0 amide bonds. The molecule has 3 aromatic rings. The van der Waals surface area contributed by atoms with Crippen molar-refractivity contribution < 1.29 is 14.3 Å². The highest BCUT2D eigenvalue weighted by molar-refractivity contribution is 6.36. The highest BCUT2D eigenvalue weighted by Crippen LogP contribution is 2.38. The molecule has 0 aliphatic carbocycles. The number of hydrogen-bond acceptors (Lipinski definition) is 7. The van der Waals surface area contributed by atoms with E-state index in [1.165, 1.54) is 0 Å². The lowest BCUT2D eigenvalue weighted by Crippen LogP contribution is -2.57. The zero-order valence-electron chi connectivity index (χ0n) is 17.8. The van der Waals surface area contributed by atoms with Gasteiger partial charge in [-0.15, -0.1) is 0 Å². The van der Waals surface area contributed by atoms with Gasteiger partial charge in [-0.3, -0.25) is 4.79 Å². The van der Waals surface area contributed by atoms with Gasteiger partial charge in [-0.25, -0.2) is 0 Å². The Morgan fingerprint density at radius 2 is 2.00 bits per heavy atom. The fraction of sp³-hybridized carbons (Fsp3) is 0.320. The predicted molar refractivity (Wildman–Crippen MR) is 125 cm³/mol. The number of nitrogens with zero attached hydrogens (tertiary/aromatic N) is 4. The Labute approximate surface area is 196 Å². The van der Waals surface area contributed by atoms with Crippen LogP contribution < -0.4 is 14.5 Å². The van der Waals surface area contributed by atoms with Gasteiger partial charge in [0, 0.05) is 29.7 Å². The van der Waals surface area contributed by atoms with E-state index >= 15 is 0 Å². The van der Waals surface area contributed by atoms with E-state index < -0.39 is 0 Å². The Morgan fingerprint density at radius 1 is 1.15 bits per heavy atom. The number of carbonyl (C=O) groups excluding carboxylic acids is 1. The van der Waals surface area contributed by atoms with Crippen LogP contribution >= 0.6 is 11.6 Å². The van der Waals surface area contributed by atoms with Crippen LogP contribution in [0.1, 0.15) is 17.7 Å². The number of benzene rings is 2. The fourth-order valence-electron chi connectivity index (χ4n) is 5.16. The minimum absolute atomic E-state index is 0.00643. The summed E-state index contributed by atoms with van der Waals surface area (Å²) in [4.78, 5) is 25.4. The second kappa shape index (κ2) is 7.82. The highest BCUT2D eigenvalue weighted by Gasteiger charge is 2.46. The molecule has 2 aromatic carbocycles. The van der Waals surface area contributed by atoms with Crippen molar-refractivity contribution in [2.24, 2.45) is 5.92 Å². The Hall–Kier alpha value is -3.50. The van der Waals surface area contributed by atoms with Crippen molar-refractivity contribution in [2.45, 2.75) is 25.5 Å². The summed E-state index contributed by atoms with van der Waals surface area (Å²) in [7, 11) is 0. The van der Waals surface area contributed by atoms with Crippen molar-refractivity contribution in [1.29, 1.82) is 0 Å². The number of terminal acetylenes is 1. The monoisotopic (exact) mass is 460 g/mol. The van der Waals surface area contributed by atoms with Gasteiger partial charge < -0.3 is 19.3 Å². The van der Waals surface area contributed by atoms with Gasteiger partial charge in [0.1, 0.15) is 18.0 Å². The third kappa shape index (κ3) is 3.33. The fourth-order valence-corrected chi connectivity index (χ4v) is 5.43. The van der Waals surface area contributed by atoms with E-state index in [1.54, 1.807) is 0 Å². The summed E-state index contributed by atoms with van der Waals surface area (Å²) in [6.45, 7) is 2.75. The van der Waals surface area contributed by atoms with Crippen LogP contribution in [0.2, 0.25) is 5.02 Å². The first-order valence-corrected chi connectivity index (χ1v) is 11.4. The molecule has 166 valence electrons. The first kappa shape index (κ1) is 20.1. The molecule has 3 aliphatic rings. The van der Waals surface area contributed by atoms with E-state index in [9.17, 15) is 4.79 Å². The Morgan fingerprint density at radius 3 is 2.79 bits per heavy atom. The molecule has 6 rings (SSSR count). The summed E-state index contributed by atoms with van der Waals surface area (Å²) in [6, 6.07) is 12.3. The minimum Gasteiger partial charge on any atom is -0.459 e. The van der Waals surface area contributed by atoms with Crippen LogP contribution in [0, 0.1) is 18.4 Å². The Kier molecular flexibility index (Phi) is 4.77. The molecule has 2 fully saturated rings. The number of rotatable bonds is 3. The standard InChI is InChI=1S/C25H21ClN4O3/c1-2-32-25-27-19-13-29(20-8-4-6-15-5-3-7-18(26)22(15)20)11-9-16(19)23(28-25)30-12-10-17-21(14-30)33-24(17)31/h1,3-8,17,21H,9-14H2/t17-,21+/m1/s1. The van der Waals surface area contributed by atoms with Crippen LogP contribution in [0.15, 0.2) is 36.4 Å². The summed E-state index contributed by atoms with van der Waals surface area (Å²) >= 11 is 6.58. The van der Waals surface area contributed by atoms with Gasteiger partial charge in [0.2, 0.25) is 0 Å². The number of fused-ring (bicyclic) bond motifs is 3. The Balaban J connectivity index is 1.37. The molecule has 33 heavy (non-hydrogen) atoms. The quantitative estimate of drug-likeness (QED) is 0.437. The molecular formula is C25H21ClN4O3. The van der Waals surface area contributed by atoms with Crippen molar-refractivity contribution in [1.82, 2.24) is 9.97 Å². The van der Waals surface area contributed by atoms with E-state index in [2.05, 4.69) is 44.1 Å². The number of ether oxygens (including phenoxy) is 2. The van der Waals surface area contributed by atoms with E-state index in [0.717, 1.165) is 64.5 Å². The number of esters is 1. The molecule has 7 nitrogen and oxygen atoms in total. The first-order valence-electron chi connectivity index (χ1n) is 11.0. The molecule has 2 atom stereocenters. The molecule has 0 bridgehead atoms. The van der Waals surface area contributed by atoms with Gasteiger partial charge in [-0.2, -0.15) is 9.97 Å². The molecule has 8 heteroatoms. The molecule has 0 unspecified atom stereocenters. The summed E-state index contributed by atoms with van der Waals surface area (Å²) in [5.74, 6) is 0.735. The van der Waals surface area contributed by atoms with Crippen LogP contribution in [0.3, 0.4) is 0 Å². The van der Waals surface area contributed by atoms with Crippen LogP contribution in [-0.4, -0.2) is 41.7 Å². The van der Waals surface area contributed by atoms with E-state index in [-0.39, 0.29) is 24.0 Å². The summed E-state index contributed by atoms with van der Waals surface area (Å²) < 4.78 is 10.6. The van der Waals surface area contributed by atoms with Crippen LogP contribution in [-0.2, 0) is 22.5 Å². The normalized spacial score (nSPS) is 21.5. The average molecular weight is 461 g/mol. The molecule has 0 spiro atoms. The smallest absolute Gasteiger partial charge is 0.333 e. The van der Waals surface area contributed by atoms with E-state index in [1.807, 2.05) is 18.2 Å². The van der Waals surface area contributed by atoms with Crippen molar-refractivity contribution in [3.63, 3.8) is 0 Å². The maximum Gasteiger partial charge on any atom is 0.333 e. The van der Waals surface area contributed by atoms with Crippen molar-refractivity contribution in [2.75, 3.05) is 29.4 Å². The number of piperidine rings is 1. The van der Waals surface area contributed by atoms with Gasteiger partial charge in [-0.1, -0.05) is 42.3 Å².